The lowest BCUT2D eigenvalue weighted by atomic mass is 10.1. The van der Waals surface area contributed by atoms with Crippen molar-refractivity contribution in [3.05, 3.63) is 35.5 Å². The summed E-state index contributed by atoms with van der Waals surface area (Å²) in [4.78, 5) is 22.0. The number of benzene rings is 1. The number of anilines is 3. The number of nitrogens with one attached hydrogen (secondary N) is 3. The Hall–Kier alpha value is -2.62. The lowest BCUT2D eigenvalue weighted by Gasteiger charge is -2.27. The van der Waals surface area contributed by atoms with E-state index in [0.29, 0.717) is 48.8 Å². The number of sulfonamides is 1. The Morgan fingerprint density at radius 2 is 1.97 bits per heavy atom. The highest BCUT2D eigenvalue weighted by atomic mass is 32.2. The van der Waals surface area contributed by atoms with E-state index in [0.717, 1.165) is 0 Å². The first-order chi connectivity index (χ1) is 16.7. The van der Waals surface area contributed by atoms with Gasteiger partial charge in [-0.05, 0) is 6.42 Å². The van der Waals surface area contributed by atoms with Gasteiger partial charge in [0.2, 0.25) is 15.9 Å². The van der Waals surface area contributed by atoms with Crippen LogP contribution in [0.1, 0.15) is 25.0 Å². The normalized spacial score (nSPS) is 18.2. The molecule has 10 nitrogen and oxygen atoms in total. The molecule has 2 aliphatic heterocycles. The third-order valence-electron chi connectivity index (χ3n) is 5.29. The number of rotatable bonds is 8. The van der Waals surface area contributed by atoms with Gasteiger partial charge in [-0.1, -0.05) is 6.92 Å². The Morgan fingerprint density at radius 1 is 1.23 bits per heavy atom. The Bertz CT molecular complexity index is 1230. The van der Waals surface area contributed by atoms with Crippen molar-refractivity contribution in [3.63, 3.8) is 0 Å². The lowest BCUT2D eigenvalue weighted by Crippen LogP contribution is -2.40. The molecule has 1 aromatic heterocycles. The highest BCUT2D eigenvalue weighted by molar-refractivity contribution is 7.99. The molecule has 15 heteroatoms. The molecule has 0 saturated carbocycles. The van der Waals surface area contributed by atoms with E-state index in [-0.39, 0.29) is 17.9 Å². The zero-order valence-corrected chi connectivity index (χ0v) is 20.2. The first kappa shape index (κ1) is 25.5. The molecule has 0 radical (unpaired) electrons. The van der Waals surface area contributed by atoms with Crippen LogP contribution in [0.3, 0.4) is 0 Å². The number of hydrogen-bond donors (Lipinski definition) is 3. The van der Waals surface area contributed by atoms with Crippen LogP contribution in [0.15, 0.2) is 17.3 Å². The van der Waals surface area contributed by atoms with Gasteiger partial charge in [0.25, 0.3) is 0 Å². The fraction of sp³-hybridized carbons (Fsp3) is 0.450. The summed E-state index contributed by atoms with van der Waals surface area (Å²) in [5, 5.41) is 3.99. The van der Waals surface area contributed by atoms with Crippen LogP contribution >= 0.6 is 11.8 Å². The van der Waals surface area contributed by atoms with Gasteiger partial charge in [0.15, 0.2) is 23.3 Å². The van der Waals surface area contributed by atoms with Crippen molar-refractivity contribution >= 4 is 44.9 Å². The standard InChI is InChI=1S/C20H23F3N6O4S2/c1-2-7-35(31,32)28-13-8-12(21)14(22)17(15(13)23)26-20(30)11-9-34-18-16(11)24-10-25-19(18)27-29-3-5-33-6-4-29/h8,10-11,28H,2-7,9H2,1H3,(H,26,30)(H,24,25,27). The molecule has 2 aliphatic rings. The summed E-state index contributed by atoms with van der Waals surface area (Å²) in [5.41, 5.74) is 1.65. The third-order valence-corrected chi connectivity index (χ3v) is 7.96. The minimum atomic E-state index is -3.99. The molecule has 1 unspecified atom stereocenters. The molecule has 2 aromatic rings. The fourth-order valence-electron chi connectivity index (χ4n) is 3.61. The van der Waals surface area contributed by atoms with Crippen LogP contribution in [0.25, 0.3) is 0 Å². The predicted molar refractivity (Wildman–Crippen MR) is 124 cm³/mol. The number of carbonyl (C=O) groups is 1. The van der Waals surface area contributed by atoms with E-state index < -0.39 is 50.7 Å². The van der Waals surface area contributed by atoms with Crippen LogP contribution in [-0.4, -0.2) is 67.1 Å². The fourth-order valence-corrected chi connectivity index (χ4v) is 5.96. The van der Waals surface area contributed by atoms with Crippen molar-refractivity contribution < 1.29 is 31.1 Å². The quantitative estimate of drug-likeness (QED) is 0.440. The molecule has 190 valence electrons. The van der Waals surface area contributed by atoms with E-state index in [1.807, 2.05) is 9.73 Å². The smallest absolute Gasteiger partial charge is 0.234 e. The van der Waals surface area contributed by atoms with Crippen molar-refractivity contribution in [2.75, 3.05) is 53.3 Å². The SMILES string of the molecule is CCCS(=O)(=O)Nc1cc(F)c(F)c(NC(=O)C2CSc3c(NN4CCOCC4)ncnc32)c1F. The van der Waals surface area contributed by atoms with Gasteiger partial charge in [0, 0.05) is 24.9 Å². The number of fused-ring (bicyclic) bond motifs is 1. The van der Waals surface area contributed by atoms with Crippen molar-refractivity contribution in [1.29, 1.82) is 0 Å². The molecule has 3 N–H and O–H groups in total. The number of amides is 1. The van der Waals surface area contributed by atoms with Gasteiger partial charge in [-0.2, -0.15) is 0 Å². The van der Waals surface area contributed by atoms with Gasteiger partial charge in [0.05, 0.1) is 41.2 Å². The number of aromatic nitrogens is 2. The van der Waals surface area contributed by atoms with Crippen LogP contribution < -0.4 is 15.5 Å². The molecule has 1 fully saturated rings. The summed E-state index contributed by atoms with van der Waals surface area (Å²) in [6.45, 7) is 3.97. The van der Waals surface area contributed by atoms with Crippen LogP contribution in [0.5, 0.6) is 0 Å². The van der Waals surface area contributed by atoms with Crippen LogP contribution in [0.4, 0.5) is 30.4 Å². The van der Waals surface area contributed by atoms with E-state index in [1.165, 1.54) is 18.1 Å². The number of nitrogens with zero attached hydrogens (tertiary/aromatic N) is 3. The zero-order valence-electron chi connectivity index (χ0n) is 18.6. The Kier molecular flexibility index (Phi) is 7.68. The second-order valence-electron chi connectivity index (χ2n) is 7.83. The minimum Gasteiger partial charge on any atom is -0.379 e. The average Bonchev–Trinajstić information content (AvgIpc) is 3.26. The largest absolute Gasteiger partial charge is 0.379 e. The van der Waals surface area contributed by atoms with Crippen LogP contribution in [-0.2, 0) is 19.6 Å². The minimum absolute atomic E-state index is 0.214. The first-order valence-electron chi connectivity index (χ1n) is 10.8. The number of ether oxygens (including phenoxy) is 1. The maximum atomic E-state index is 14.9. The Balaban J connectivity index is 1.56. The van der Waals surface area contributed by atoms with Gasteiger partial charge >= 0.3 is 0 Å². The Labute approximate surface area is 204 Å². The second kappa shape index (κ2) is 10.6. The molecule has 4 rings (SSSR count). The molecule has 0 spiro atoms. The monoisotopic (exact) mass is 532 g/mol. The lowest BCUT2D eigenvalue weighted by molar-refractivity contribution is -0.117. The summed E-state index contributed by atoms with van der Waals surface area (Å²) < 4.78 is 74.7. The number of morpholine rings is 1. The number of halogens is 3. The van der Waals surface area contributed by atoms with Gasteiger partial charge < -0.3 is 15.5 Å². The van der Waals surface area contributed by atoms with E-state index >= 15 is 0 Å². The summed E-state index contributed by atoms with van der Waals surface area (Å²) in [7, 11) is -3.99. The highest BCUT2D eigenvalue weighted by Crippen LogP contribution is 2.42. The predicted octanol–water partition coefficient (Wildman–Crippen LogP) is 2.53. The van der Waals surface area contributed by atoms with E-state index in [2.05, 4.69) is 20.7 Å². The topological polar surface area (TPSA) is 126 Å². The molecule has 1 amide bonds. The number of thioether (sulfide) groups is 1. The maximum absolute atomic E-state index is 14.9. The molecule has 0 bridgehead atoms. The summed E-state index contributed by atoms with van der Waals surface area (Å²) in [5.74, 6) is -5.94. The highest BCUT2D eigenvalue weighted by Gasteiger charge is 2.35. The van der Waals surface area contributed by atoms with Crippen molar-refractivity contribution in [2.24, 2.45) is 0 Å². The molecule has 35 heavy (non-hydrogen) atoms. The van der Waals surface area contributed by atoms with E-state index in [4.69, 9.17) is 4.74 Å². The van der Waals surface area contributed by atoms with Crippen LogP contribution in [0.2, 0.25) is 0 Å². The average molecular weight is 533 g/mol. The third kappa shape index (κ3) is 5.63. The van der Waals surface area contributed by atoms with Gasteiger partial charge in [-0.15, -0.1) is 11.8 Å². The maximum Gasteiger partial charge on any atom is 0.234 e. The molecular formula is C20H23F3N6O4S2. The number of hydrazine groups is 1. The second-order valence-corrected chi connectivity index (χ2v) is 10.7. The molecular weight excluding hydrogens is 509 g/mol. The summed E-state index contributed by atoms with van der Waals surface area (Å²) >= 11 is 1.30. The molecule has 1 saturated heterocycles. The van der Waals surface area contributed by atoms with Gasteiger partial charge in [-0.25, -0.2) is 36.6 Å². The summed E-state index contributed by atoms with van der Waals surface area (Å²) in [6.07, 6.45) is 1.50. The Morgan fingerprint density at radius 3 is 2.69 bits per heavy atom. The molecule has 0 aliphatic carbocycles. The number of carbonyl (C=O) groups excluding carboxylic acids is 1. The number of hydrogen-bond acceptors (Lipinski definition) is 9. The van der Waals surface area contributed by atoms with Crippen molar-refractivity contribution in [2.45, 2.75) is 24.2 Å². The van der Waals surface area contributed by atoms with E-state index in [1.54, 1.807) is 6.92 Å². The zero-order chi connectivity index (χ0) is 25.2. The first-order valence-corrected chi connectivity index (χ1v) is 13.4. The summed E-state index contributed by atoms with van der Waals surface area (Å²) in [6, 6.07) is 0.394. The molecule has 3 heterocycles. The van der Waals surface area contributed by atoms with Gasteiger partial charge in [0.1, 0.15) is 12.0 Å². The van der Waals surface area contributed by atoms with E-state index in [9.17, 15) is 26.4 Å². The van der Waals surface area contributed by atoms with Crippen LogP contribution in [0, 0.1) is 17.5 Å². The van der Waals surface area contributed by atoms with Gasteiger partial charge in [-0.3, -0.25) is 9.52 Å². The molecule has 1 atom stereocenters. The molecule has 1 aromatic carbocycles. The van der Waals surface area contributed by atoms with Crippen molar-refractivity contribution in [1.82, 2.24) is 15.0 Å². The van der Waals surface area contributed by atoms with Crippen molar-refractivity contribution in [3.8, 4) is 0 Å².